The van der Waals surface area contributed by atoms with E-state index in [1.54, 1.807) is 43.5 Å². The molecule has 0 bridgehead atoms. The van der Waals surface area contributed by atoms with Gasteiger partial charge in [-0.1, -0.05) is 42.8 Å². The quantitative estimate of drug-likeness (QED) is 0.262. The van der Waals surface area contributed by atoms with Crippen molar-refractivity contribution in [2.45, 2.75) is 19.8 Å². The van der Waals surface area contributed by atoms with Crippen molar-refractivity contribution in [1.82, 2.24) is 24.8 Å². The van der Waals surface area contributed by atoms with E-state index in [-0.39, 0.29) is 34.4 Å². The van der Waals surface area contributed by atoms with Crippen LogP contribution < -0.4 is 20.5 Å². The lowest BCUT2D eigenvalue weighted by molar-refractivity contribution is 0.102. The van der Waals surface area contributed by atoms with Crippen molar-refractivity contribution in [3.8, 4) is 17.3 Å². The number of nitrogens with one attached hydrogen (secondary N) is 2. The average molecular weight is 537 g/mol. The van der Waals surface area contributed by atoms with Crippen LogP contribution in [0.3, 0.4) is 0 Å². The maximum Gasteiger partial charge on any atom is 0.219 e. The van der Waals surface area contributed by atoms with Gasteiger partial charge < -0.3 is 20.5 Å². The zero-order valence-electron chi connectivity index (χ0n) is 20.8. The molecule has 0 aliphatic carbocycles. The topological polar surface area (TPSA) is 107 Å². The van der Waals surface area contributed by atoms with E-state index in [0.29, 0.717) is 29.8 Å². The molecule has 11 heteroatoms. The Hall–Kier alpha value is -4.38. The Labute approximate surface area is 223 Å². The second kappa shape index (κ2) is 11.8. The number of carbonyl (C=O) groups is 1. The number of para-hydroxylation sites is 1. The van der Waals surface area contributed by atoms with Crippen molar-refractivity contribution in [2.24, 2.45) is 0 Å². The lowest BCUT2D eigenvalue weighted by Crippen LogP contribution is -2.21. The molecule has 0 saturated heterocycles. The van der Waals surface area contributed by atoms with Crippen LogP contribution in [0.1, 0.15) is 28.8 Å². The highest BCUT2D eigenvalue weighted by atomic mass is 32.2. The highest BCUT2D eigenvalue weighted by Crippen LogP contribution is 2.27. The van der Waals surface area contributed by atoms with Gasteiger partial charge in [0.25, 0.3) is 0 Å². The molecule has 0 unspecified atom stereocenters. The minimum Gasteiger partial charge on any atom is -0.436 e. The first kappa shape index (κ1) is 26.7. The zero-order chi connectivity index (χ0) is 27.2. The lowest BCUT2D eigenvalue weighted by atomic mass is 10.1. The highest BCUT2D eigenvalue weighted by Gasteiger charge is 2.22. The molecule has 0 atom stereocenters. The highest BCUT2D eigenvalue weighted by molar-refractivity contribution is 7.96. The fourth-order valence-electron chi connectivity index (χ4n) is 3.70. The molecule has 8 nitrogen and oxygen atoms in total. The first-order chi connectivity index (χ1) is 18.3. The standard InChI is InChI=1S/C27H26F2N6O2S/c1-16-12-25(37-24-11-7-4-8-19(24)28)31-15-23(16)35-27(30)18(14-32-35)26(36)22-10-6-5-9-21(34-38-3)20(29)13-17(2)33-22/h4,7-15,33-34H,2,5-6,30H2,1,3H3/b20-13+,21-9+,22-10-. The number of benzene rings is 1. The van der Waals surface area contributed by atoms with Gasteiger partial charge in [0.2, 0.25) is 11.7 Å². The molecule has 0 saturated carbocycles. The molecule has 3 heterocycles. The van der Waals surface area contributed by atoms with Crippen LogP contribution in [0.2, 0.25) is 0 Å². The number of hydrogen-bond donors (Lipinski definition) is 3. The van der Waals surface area contributed by atoms with Crippen molar-refractivity contribution in [3.05, 3.63) is 107 Å². The van der Waals surface area contributed by atoms with Gasteiger partial charge in [0.15, 0.2) is 11.6 Å². The van der Waals surface area contributed by atoms with E-state index < -0.39 is 17.4 Å². The average Bonchev–Trinajstić information content (AvgIpc) is 3.26. The first-order valence-electron chi connectivity index (χ1n) is 11.6. The summed E-state index contributed by atoms with van der Waals surface area (Å²) in [6, 6.07) is 7.64. The van der Waals surface area contributed by atoms with Gasteiger partial charge in [-0.05, 0) is 43.5 Å². The molecular weight excluding hydrogens is 510 g/mol. The summed E-state index contributed by atoms with van der Waals surface area (Å²) >= 11 is 1.28. The van der Waals surface area contributed by atoms with E-state index in [2.05, 4.69) is 26.7 Å². The second-order valence-corrected chi connectivity index (χ2v) is 8.90. The van der Waals surface area contributed by atoms with Crippen molar-refractivity contribution in [2.75, 3.05) is 12.0 Å². The van der Waals surface area contributed by atoms with E-state index in [1.807, 2.05) is 0 Å². The summed E-state index contributed by atoms with van der Waals surface area (Å²) in [5, 5.41) is 7.18. The summed E-state index contributed by atoms with van der Waals surface area (Å²) in [5.74, 6) is -1.08. The predicted molar refractivity (Wildman–Crippen MR) is 145 cm³/mol. The molecule has 196 valence electrons. The molecule has 4 N–H and O–H groups in total. The van der Waals surface area contributed by atoms with E-state index >= 15 is 0 Å². The number of ketones is 1. The van der Waals surface area contributed by atoms with Crippen LogP contribution in [-0.4, -0.2) is 26.8 Å². The number of halogens is 2. The molecule has 0 radical (unpaired) electrons. The third kappa shape index (κ3) is 5.94. The van der Waals surface area contributed by atoms with Crippen LogP contribution in [0.4, 0.5) is 14.6 Å². The van der Waals surface area contributed by atoms with E-state index in [1.165, 1.54) is 47.2 Å². The van der Waals surface area contributed by atoms with Crippen LogP contribution in [0.5, 0.6) is 11.6 Å². The lowest BCUT2D eigenvalue weighted by Gasteiger charge is -2.14. The molecule has 1 aliphatic heterocycles. The Morgan fingerprint density at radius 2 is 2.00 bits per heavy atom. The summed E-state index contributed by atoms with van der Waals surface area (Å²) in [4.78, 5) is 17.6. The summed E-state index contributed by atoms with van der Waals surface area (Å²) in [7, 11) is 0. The van der Waals surface area contributed by atoms with Crippen LogP contribution in [0, 0.1) is 12.7 Å². The van der Waals surface area contributed by atoms with Gasteiger partial charge in [0, 0.05) is 18.0 Å². The fourth-order valence-corrected chi connectivity index (χ4v) is 4.10. The van der Waals surface area contributed by atoms with Crippen molar-refractivity contribution in [1.29, 1.82) is 0 Å². The number of pyridine rings is 1. The van der Waals surface area contributed by atoms with Gasteiger partial charge in [0.1, 0.15) is 11.6 Å². The summed E-state index contributed by atoms with van der Waals surface area (Å²) in [5.41, 5.74) is 8.45. The summed E-state index contributed by atoms with van der Waals surface area (Å²) < 4.78 is 38.4. The Morgan fingerprint density at radius 1 is 1.24 bits per heavy atom. The first-order valence-corrected chi connectivity index (χ1v) is 12.8. The van der Waals surface area contributed by atoms with E-state index in [4.69, 9.17) is 10.5 Å². The van der Waals surface area contributed by atoms with Crippen LogP contribution in [0.25, 0.3) is 5.69 Å². The zero-order valence-corrected chi connectivity index (χ0v) is 21.6. The van der Waals surface area contributed by atoms with Crippen molar-refractivity contribution in [3.63, 3.8) is 0 Å². The molecule has 1 aromatic carbocycles. The number of rotatable bonds is 7. The molecule has 0 fully saturated rings. The van der Waals surface area contributed by atoms with Crippen molar-refractivity contribution >= 4 is 23.5 Å². The summed E-state index contributed by atoms with van der Waals surface area (Å²) in [6.07, 6.45) is 10.3. The van der Waals surface area contributed by atoms with Gasteiger partial charge >= 0.3 is 0 Å². The Morgan fingerprint density at radius 3 is 2.74 bits per heavy atom. The van der Waals surface area contributed by atoms with Crippen LogP contribution >= 0.6 is 11.9 Å². The Bertz CT molecular complexity index is 1480. The van der Waals surface area contributed by atoms with Gasteiger partial charge in [-0.25, -0.2) is 18.4 Å². The normalized spacial score (nSPS) is 18.2. The number of aryl methyl sites for hydroxylation is 1. The number of nitrogen functional groups attached to an aromatic ring is 1. The maximum absolute atomic E-state index is 14.6. The number of hydrogen-bond acceptors (Lipinski definition) is 8. The fraction of sp³-hybridized carbons (Fsp3) is 0.148. The molecule has 0 amide bonds. The van der Waals surface area contributed by atoms with Crippen LogP contribution in [0.15, 0.2) is 90.5 Å². The van der Waals surface area contributed by atoms with Crippen molar-refractivity contribution < 1.29 is 18.3 Å². The minimum absolute atomic E-state index is 0.0497. The van der Waals surface area contributed by atoms with Gasteiger partial charge in [-0.3, -0.25) is 4.79 Å². The number of ether oxygens (including phenoxy) is 1. The molecule has 4 rings (SSSR count). The number of Topliss-reactive ketones (excluding diaryl/α,β-unsaturated/α-hetero) is 1. The molecule has 1 aliphatic rings. The third-order valence-corrected chi connectivity index (χ3v) is 5.99. The predicted octanol–water partition coefficient (Wildman–Crippen LogP) is 5.66. The number of nitrogens with zero attached hydrogens (tertiary/aromatic N) is 3. The maximum atomic E-state index is 14.6. The summed E-state index contributed by atoms with van der Waals surface area (Å²) in [6.45, 7) is 5.60. The molecule has 2 aromatic heterocycles. The Kier molecular flexibility index (Phi) is 8.27. The van der Waals surface area contributed by atoms with Gasteiger partial charge in [-0.15, -0.1) is 0 Å². The number of allylic oxidation sites excluding steroid dienone is 5. The molecule has 0 spiro atoms. The SMILES string of the molecule is C=C1/C=C(F)\C(NSC)=C/CC/C=C(/C(=O)c2cnn(-c3cnc(Oc4ccccc4F)cc3C)c2N)N1. The smallest absolute Gasteiger partial charge is 0.219 e. The molecular formula is C27H26F2N6O2S. The number of nitrogens with two attached hydrogens (primary N) is 1. The largest absolute Gasteiger partial charge is 0.436 e. The minimum atomic E-state index is -0.507. The molecule has 38 heavy (non-hydrogen) atoms. The Balaban J connectivity index is 1.57. The second-order valence-electron chi connectivity index (χ2n) is 8.29. The molecule has 3 aromatic rings. The number of anilines is 1. The van der Waals surface area contributed by atoms with E-state index in [0.717, 1.165) is 0 Å². The number of aromatic nitrogens is 3. The number of carbonyl (C=O) groups excluding carboxylic acids is 1. The van der Waals surface area contributed by atoms with E-state index in [9.17, 15) is 13.6 Å². The van der Waals surface area contributed by atoms with Crippen LogP contribution in [-0.2, 0) is 0 Å². The third-order valence-electron chi connectivity index (χ3n) is 5.56. The van der Waals surface area contributed by atoms with Gasteiger partial charge in [-0.2, -0.15) is 5.10 Å². The monoisotopic (exact) mass is 536 g/mol. The van der Waals surface area contributed by atoms with Gasteiger partial charge in [0.05, 0.1) is 35.0 Å².